The first-order valence-corrected chi connectivity index (χ1v) is 18.1. The topological polar surface area (TPSA) is 0 Å². The first-order chi connectivity index (χ1) is 20.6. The van der Waals surface area contributed by atoms with Crippen molar-refractivity contribution in [3.63, 3.8) is 0 Å². The van der Waals surface area contributed by atoms with Crippen LogP contribution in [-0.4, -0.2) is 3.71 Å². The second-order valence-electron chi connectivity index (χ2n) is 16.9. The van der Waals surface area contributed by atoms with Gasteiger partial charge < -0.3 is 24.8 Å². The quantitative estimate of drug-likeness (QED) is 0.197. The van der Waals surface area contributed by atoms with Crippen molar-refractivity contribution in [2.24, 2.45) is 0 Å². The van der Waals surface area contributed by atoms with E-state index in [4.69, 9.17) is 0 Å². The van der Waals surface area contributed by atoms with Gasteiger partial charge in [0.15, 0.2) is 0 Å². The SMILES string of the molecule is CC(C)(C)c1[c-]c2c(cc1)-c1ccc(C(C)(C)C)cc1C2.CC(C)(C)c1ccc([CH]=[Zr+2])cc1.CCc1[cH-]c(C)cc1C(C)(C)C.[Cl-].[Cl-]. The van der Waals surface area contributed by atoms with Gasteiger partial charge in [-0.1, -0.05) is 112 Å². The van der Waals surface area contributed by atoms with E-state index in [1.165, 1.54) is 85.4 Å². The molecule has 0 nitrogen and oxygen atoms in total. The summed E-state index contributed by atoms with van der Waals surface area (Å²) in [6.07, 6.45) is 2.18. The van der Waals surface area contributed by atoms with Gasteiger partial charge in [0, 0.05) is 0 Å². The third-order valence-corrected chi connectivity index (χ3v) is 9.54. The van der Waals surface area contributed by atoms with Gasteiger partial charge in [0.25, 0.3) is 0 Å². The van der Waals surface area contributed by atoms with Crippen molar-refractivity contribution in [3.8, 4) is 11.1 Å². The smallest absolute Gasteiger partial charge is 0.0540 e. The summed E-state index contributed by atoms with van der Waals surface area (Å²) in [6.45, 7) is 31.6. The van der Waals surface area contributed by atoms with E-state index in [1.807, 2.05) is 0 Å². The summed E-state index contributed by atoms with van der Waals surface area (Å²) in [7, 11) is 0. The van der Waals surface area contributed by atoms with Gasteiger partial charge in [-0.25, -0.2) is 6.07 Å². The Morgan fingerprint density at radius 3 is 1.66 bits per heavy atom. The molecular formula is C44H58Cl2Zr-2. The molecule has 0 heterocycles. The molecule has 0 radical (unpaired) electrons. The molecule has 0 N–H and O–H groups in total. The van der Waals surface area contributed by atoms with Gasteiger partial charge in [0.2, 0.25) is 0 Å². The number of benzene rings is 3. The van der Waals surface area contributed by atoms with Gasteiger partial charge in [-0.15, -0.1) is 11.1 Å². The van der Waals surface area contributed by atoms with E-state index in [-0.39, 0.29) is 41.1 Å². The molecule has 1 aliphatic carbocycles. The van der Waals surface area contributed by atoms with Crippen molar-refractivity contribution < 1.29 is 49.0 Å². The molecule has 0 atom stereocenters. The molecule has 0 unspecified atom stereocenters. The van der Waals surface area contributed by atoms with Crippen LogP contribution in [0, 0.1) is 13.0 Å². The molecule has 4 aromatic carbocycles. The maximum Gasteiger partial charge on any atom is -0.0540 e. The Bertz CT molecular complexity index is 1530. The van der Waals surface area contributed by atoms with E-state index in [2.05, 4.69) is 173 Å². The largest absolute Gasteiger partial charge is 1.00 e. The van der Waals surface area contributed by atoms with Gasteiger partial charge in [0.1, 0.15) is 0 Å². The van der Waals surface area contributed by atoms with E-state index >= 15 is 0 Å². The summed E-state index contributed by atoms with van der Waals surface area (Å²) in [5, 5.41) is 0. The van der Waals surface area contributed by atoms with Crippen LogP contribution in [0.15, 0.2) is 66.7 Å². The molecule has 0 aliphatic heterocycles. The van der Waals surface area contributed by atoms with Crippen molar-refractivity contribution >= 4 is 3.71 Å². The fraction of sp³-hybridized carbons (Fsp3) is 0.455. The Hall–Kier alpha value is -1.66. The molecule has 47 heavy (non-hydrogen) atoms. The summed E-state index contributed by atoms with van der Waals surface area (Å²) in [5.41, 5.74) is 16.5. The molecule has 1 aliphatic rings. The molecule has 0 aromatic heterocycles. The summed E-state index contributed by atoms with van der Waals surface area (Å²) in [5.74, 6) is 0. The normalized spacial score (nSPS) is 12.3. The van der Waals surface area contributed by atoms with Crippen LogP contribution in [0.5, 0.6) is 0 Å². The zero-order valence-corrected chi connectivity index (χ0v) is 35.6. The molecule has 0 saturated carbocycles. The van der Waals surface area contributed by atoms with Gasteiger partial charge in [-0.2, -0.15) is 46.5 Å². The number of rotatable bonds is 2. The van der Waals surface area contributed by atoms with Crippen LogP contribution in [0.3, 0.4) is 0 Å². The molecule has 0 fully saturated rings. The van der Waals surface area contributed by atoms with Crippen molar-refractivity contribution in [2.45, 2.75) is 131 Å². The van der Waals surface area contributed by atoms with Gasteiger partial charge in [-0.05, 0) is 28.4 Å². The zero-order valence-electron chi connectivity index (χ0n) is 31.6. The summed E-state index contributed by atoms with van der Waals surface area (Å²) < 4.78 is 2.21. The molecule has 0 bridgehead atoms. The Morgan fingerprint density at radius 2 is 1.21 bits per heavy atom. The predicted octanol–water partition coefficient (Wildman–Crippen LogP) is 5.92. The van der Waals surface area contributed by atoms with Gasteiger partial charge >= 0.3 is 89.5 Å². The fourth-order valence-corrected chi connectivity index (χ4v) is 6.29. The molecule has 0 amide bonds. The van der Waals surface area contributed by atoms with Crippen LogP contribution >= 0.6 is 0 Å². The number of aryl methyl sites for hydroxylation is 2. The molecule has 4 aromatic rings. The average molecular weight is 749 g/mol. The molecule has 0 saturated heterocycles. The fourth-order valence-electron chi connectivity index (χ4n) is 5.81. The van der Waals surface area contributed by atoms with Crippen LogP contribution in [0.2, 0.25) is 0 Å². The zero-order chi connectivity index (χ0) is 34.0. The molecule has 254 valence electrons. The van der Waals surface area contributed by atoms with E-state index in [0.717, 1.165) is 12.8 Å². The van der Waals surface area contributed by atoms with Crippen LogP contribution in [0.25, 0.3) is 11.1 Å². The van der Waals surface area contributed by atoms with Crippen LogP contribution in [-0.2, 0) is 58.7 Å². The summed E-state index contributed by atoms with van der Waals surface area (Å²) in [4.78, 5) is 0. The standard InChI is InChI=1S/C21H25.C12H19.C11H14.2ClH.Zr/c1-20(2,3)16-7-9-18-14(12-16)11-15-13-17(21(4,5)6)8-10-19(15)18;1-6-10-7-9(2)8-11(10)12(3,4)5;1-9-5-7-10(8-6-9)11(2,3)4;;;/h7-10,12H,11H2,1-6H3;7-8H,6H2,1-5H3;1,5-8H,2-4H3;2*1H;/q2*-1;;;;+2/p-2. The van der Waals surface area contributed by atoms with E-state index < -0.39 is 0 Å². The first kappa shape index (κ1) is 43.4. The van der Waals surface area contributed by atoms with Crippen LogP contribution in [0.4, 0.5) is 0 Å². The molecule has 3 heteroatoms. The third-order valence-electron chi connectivity index (χ3n) is 8.72. The molecule has 0 spiro atoms. The van der Waals surface area contributed by atoms with Gasteiger partial charge in [-0.3, -0.25) is 0 Å². The number of hydrogen-bond acceptors (Lipinski definition) is 0. The Labute approximate surface area is 316 Å². The monoisotopic (exact) mass is 746 g/mol. The second-order valence-corrected chi connectivity index (χ2v) is 17.6. The van der Waals surface area contributed by atoms with Crippen LogP contribution < -0.4 is 24.8 Å². The van der Waals surface area contributed by atoms with E-state index in [0.29, 0.717) is 5.41 Å². The van der Waals surface area contributed by atoms with Crippen molar-refractivity contribution in [1.29, 1.82) is 0 Å². The molecular weight excluding hydrogens is 691 g/mol. The Balaban J connectivity index is 0.000000369. The van der Waals surface area contributed by atoms with Gasteiger partial charge in [0.05, 0.1) is 0 Å². The minimum Gasteiger partial charge on any atom is -1.00 e. The Morgan fingerprint density at radius 1 is 0.681 bits per heavy atom. The van der Waals surface area contributed by atoms with Crippen LogP contribution in [0.1, 0.15) is 140 Å². The molecule has 5 rings (SSSR count). The first-order valence-electron chi connectivity index (χ1n) is 16.7. The van der Waals surface area contributed by atoms with Crippen molar-refractivity contribution in [2.75, 3.05) is 0 Å². The van der Waals surface area contributed by atoms with E-state index in [9.17, 15) is 0 Å². The second kappa shape index (κ2) is 16.8. The van der Waals surface area contributed by atoms with E-state index in [1.54, 1.807) is 0 Å². The summed E-state index contributed by atoms with van der Waals surface area (Å²) in [6, 6.07) is 28.6. The number of halogens is 2. The minimum atomic E-state index is 0. The number of hydrogen-bond donors (Lipinski definition) is 0. The van der Waals surface area contributed by atoms with Crippen molar-refractivity contribution in [3.05, 3.63) is 123 Å². The maximum absolute atomic E-state index is 3.67. The third kappa shape index (κ3) is 11.7. The Kier molecular flexibility index (Phi) is 15.5. The van der Waals surface area contributed by atoms with Crippen molar-refractivity contribution in [1.82, 2.24) is 0 Å². The number of fused-ring (bicyclic) bond motifs is 3. The summed E-state index contributed by atoms with van der Waals surface area (Å²) >= 11 is 1.46. The minimum absolute atomic E-state index is 0. The average Bonchev–Trinajstić information content (AvgIpc) is 3.51. The maximum atomic E-state index is 3.67. The predicted molar refractivity (Wildman–Crippen MR) is 196 cm³/mol.